The molecule has 2 fully saturated rings. The van der Waals surface area contributed by atoms with Crippen molar-refractivity contribution in [3.05, 3.63) is 60.2 Å². The summed E-state index contributed by atoms with van der Waals surface area (Å²) in [5.74, 6) is 3.50. The Balaban J connectivity index is 1.54. The zero-order valence-electron chi connectivity index (χ0n) is 16.7. The van der Waals surface area contributed by atoms with Crippen LogP contribution in [-0.2, 0) is 4.74 Å². The molecule has 5 nitrogen and oxygen atoms in total. The molecule has 0 radical (unpaired) electrons. The lowest BCUT2D eigenvalue weighted by molar-refractivity contribution is 0.0244. The molecule has 0 aromatic heterocycles. The van der Waals surface area contributed by atoms with Crippen molar-refractivity contribution in [2.45, 2.75) is 12.5 Å². The number of thioether (sulfide) groups is 1. The largest absolute Gasteiger partial charge is 0.457 e. The van der Waals surface area contributed by atoms with Crippen molar-refractivity contribution in [1.29, 1.82) is 0 Å². The van der Waals surface area contributed by atoms with Gasteiger partial charge in [-0.2, -0.15) is 11.8 Å². The van der Waals surface area contributed by atoms with Crippen LogP contribution in [0, 0.1) is 0 Å². The first-order valence-electron chi connectivity index (χ1n) is 10.3. The van der Waals surface area contributed by atoms with E-state index in [-0.39, 0.29) is 11.9 Å². The Morgan fingerprint density at radius 2 is 1.79 bits per heavy atom. The minimum Gasteiger partial charge on any atom is -0.457 e. The first-order valence-corrected chi connectivity index (χ1v) is 11.5. The second-order valence-corrected chi connectivity index (χ2v) is 8.55. The van der Waals surface area contributed by atoms with E-state index in [1.807, 2.05) is 66.4 Å². The van der Waals surface area contributed by atoms with E-state index in [1.165, 1.54) is 0 Å². The SMILES string of the molecule is O=C(c1ccccc1Oc1ccccc1)N1CCCSCC1CN1CCOCC1. The third kappa shape index (κ3) is 5.32. The van der Waals surface area contributed by atoms with Crippen LogP contribution >= 0.6 is 11.8 Å². The minimum absolute atomic E-state index is 0.0669. The number of nitrogens with zero attached hydrogens (tertiary/aromatic N) is 2. The molecule has 2 aliphatic heterocycles. The summed E-state index contributed by atoms with van der Waals surface area (Å²) < 4.78 is 11.5. The molecule has 0 aliphatic carbocycles. The molecular weight excluding hydrogens is 384 g/mol. The van der Waals surface area contributed by atoms with Crippen molar-refractivity contribution in [1.82, 2.24) is 9.80 Å². The van der Waals surface area contributed by atoms with E-state index in [0.29, 0.717) is 11.3 Å². The molecule has 0 bridgehead atoms. The second kappa shape index (κ2) is 10.1. The number of carbonyl (C=O) groups excluding carboxylic acids is 1. The van der Waals surface area contributed by atoms with Gasteiger partial charge in [-0.1, -0.05) is 30.3 Å². The third-order valence-corrected chi connectivity index (χ3v) is 6.56. The van der Waals surface area contributed by atoms with E-state index in [2.05, 4.69) is 9.80 Å². The molecule has 2 saturated heterocycles. The summed E-state index contributed by atoms with van der Waals surface area (Å²) in [4.78, 5) is 18.1. The fourth-order valence-electron chi connectivity index (χ4n) is 3.83. The summed E-state index contributed by atoms with van der Waals surface area (Å²) in [5.41, 5.74) is 0.634. The number of carbonyl (C=O) groups is 1. The molecule has 1 unspecified atom stereocenters. The molecule has 0 N–H and O–H groups in total. The van der Waals surface area contributed by atoms with Gasteiger partial charge in [-0.3, -0.25) is 9.69 Å². The first kappa shape index (κ1) is 20.3. The van der Waals surface area contributed by atoms with Gasteiger partial charge in [-0.15, -0.1) is 0 Å². The highest BCUT2D eigenvalue weighted by Crippen LogP contribution is 2.28. The smallest absolute Gasteiger partial charge is 0.257 e. The highest BCUT2D eigenvalue weighted by atomic mass is 32.2. The zero-order valence-corrected chi connectivity index (χ0v) is 17.5. The van der Waals surface area contributed by atoms with Gasteiger partial charge < -0.3 is 14.4 Å². The van der Waals surface area contributed by atoms with Crippen molar-refractivity contribution >= 4 is 17.7 Å². The van der Waals surface area contributed by atoms with Crippen LogP contribution in [0.25, 0.3) is 0 Å². The molecule has 1 amide bonds. The highest BCUT2D eigenvalue weighted by molar-refractivity contribution is 7.99. The second-order valence-electron chi connectivity index (χ2n) is 7.41. The molecule has 6 heteroatoms. The predicted molar refractivity (Wildman–Crippen MR) is 117 cm³/mol. The van der Waals surface area contributed by atoms with Gasteiger partial charge >= 0.3 is 0 Å². The maximum absolute atomic E-state index is 13.6. The molecule has 29 heavy (non-hydrogen) atoms. The summed E-state index contributed by atoms with van der Waals surface area (Å²) in [6.45, 7) is 5.14. The van der Waals surface area contributed by atoms with Crippen molar-refractivity contribution < 1.29 is 14.3 Å². The quantitative estimate of drug-likeness (QED) is 0.748. The molecule has 0 saturated carbocycles. The molecule has 2 aromatic carbocycles. The predicted octanol–water partition coefficient (Wildman–Crippen LogP) is 3.76. The van der Waals surface area contributed by atoms with E-state index in [1.54, 1.807) is 0 Å². The number of rotatable bonds is 5. The van der Waals surface area contributed by atoms with Gasteiger partial charge in [0.2, 0.25) is 0 Å². The molecular formula is C23H28N2O3S. The Morgan fingerprint density at radius 3 is 2.62 bits per heavy atom. The van der Waals surface area contributed by atoms with Gasteiger partial charge in [0.25, 0.3) is 5.91 Å². The number of hydrogen-bond donors (Lipinski definition) is 0. The van der Waals surface area contributed by atoms with Gasteiger partial charge in [0.1, 0.15) is 11.5 Å². The fourth-order valence-corrected chi connectivity index (χ4v) is 4.89. The molecule has 2 aliphatic rings. The van der Waals surface area contributed by atoms with Gasteiger partial charge in [0.15, 0.2) is 0 Å². The molecule has 1 atom stereocenters. The maximum Gasteiger partial charge on any atom is 0.257 e. The number of para-hydroxylation sites is 2. The van der Waals surface area contributed by atoms with E-state index >= 15 is 0 Å². The van der Waals surface area contributed by atoms with Gasteiger partial charge in [0.05, 0.1) is 24.8 Å². The Morgan fingerprint density at radius 1 is 1.03 bits per heavy atom. The first-order chi connectivity index (χ1) is 14.3. The Bertz CT molecular complexity index is 796. The topological polar surface area (TPSA) is 42.0 Å². The molecule has 154 valence electrons. The maximum atomic E-state index is 13.6. The average Bonchev–Trinajstić information content (AvgIpc) is 3.01. The molecule has 2 heterocycles. The van der Waals surface area contributed by atoms with Crippen LogP contribution in [0.5, 0.6) is 11.5 Å². The highest BCUT2D eigenvalue weighted by Gasteiger charge is 2.30. The van der Waals surface area contributed by atoms with Crippen LogP contribution in [0.15, 0.2) is 54.6 Å². The number of amides is 1. The lowest BCUT2D eigenvalue weighted by atomic mass is 10.1. The number of hydrogen-bond acceptors (Lipinski definition) is 5. The van der Waals surface area contributed by atoms with E-state index in [9.17, 15) is 4.79 Å². The minimum atomic E-state index is 0.0669. The lowest BCUT2D eigenvalue weighted by Gasteiger charge is -2.36. The van der Waals surface area contributed by atoms with Crippen LogP contribution in [0.4, 0.5) is 0 Å². The van der Waals surface area contributed by atoms with E-state index in [0.717, 1.165) is 63.1 Å². The Kier molecular flexibility index (Phi) is 7.09. The van der Waals surface area contributed by atoms with Gasteiger partial charge in [-0.05, 0) is 36.4 Å². The molecule has 2 aromatic rings. The van der Waals surface area contributed by atoms with Crippen LogP contribution in [0.3, 0.4) is 0 Å². The van der Waals surface area contributed by atoms with Crippen molar-refractivity contribution in [3.8, 4) is 11.5 Å². The van der Waals surface area contributed by atoms with Gasteiger partial charge in [-0.25, -0.2) is 0 Å². The van der Waals surface area contributed by atoms with Crippen LogP contribution in [0.2, 0.25) is 0 Å². The summed E-state index contributed by atoms with van der Waals surface area (Å²) >= 11 is 1.95. The summed E-state index contributed by atoms with van der Waals surface area (Å²) in [5, 5.41) is 0. The van der Waals surface area contributed by atoms with Crippen molar-refractivity contribution in [2.24, 2.45) is 0 Å². The third-order valence-electron chi connectivity index (χ3n) is 5.36. The monoisotopic (exact) mass is 412 g/mol. The van der Waals surface area contributed by atoms with Crippen LogP contribution in [-0.4, -0.2) is 72.6 Å². The standard InChI is InChI=1S/C23H28N2O3S/c26-23(21-9-4-5-10-22(21)28-20-7-2-1-3-8-20)25-11-6-16-29-18-19(25)17-24-12-14-27-15-13-24/h1-5,7-10,19H,6,11-18H2. The van der Waals surface area contributed by atoms with Crippen LogP contribution < -0.4 is 4.74 Å². The normalized spacial score (nSPS) is 20.8. The van der Waals surface area contributed by atoms with Crippen molar-refractivity contribution in [3.63, 3.8) is 0 Å². The number of ether oxygens (including phenoxy) is 2. The number of morpholine rings is 1. The van der Waals surface area contributed by atoms with E-state index < -0.39 is 0 Å². The summed E-state index contributed by atoms with van der Waals surface area (Å²) in [6, 6.07) is 17.4. The zero-order chi connectivity index (χ0) is 19.9. The lowest BCUT2D eigenvalue weighted by Crippen LogP contribution is -2.50. The molecule has 4 rings (SSSR count). The van der Waals surface area contributed by atoms with Crippen molar-refractivity contribution in [2.75, 3.05) is 50.9 Å². The van der Waals surface area contributed by atoms with E-state index in [4.69, 9.17) is 9.47 Å². The molecule has 0 spiro atoms. The van der Waals surface area contributed by atoms with Crippen LogP contribution in [0.1, 0.15) is 16.8 Å². The van der Waals surface area contributed by atoms with Gasteiger partial charge in [0, 0.05) is 31.9 Å². The average molecular weight is 413 g/mol. The fraction of sp³-hybridized carbons (Fsp3) is 0.435. The number of benzene rings is 2. The summed E-state index contributed by atoms with van der Waals surface area (Å²) in [7, 11) is 0. The Hall–Kier alpha value is -2.02. The summed E-state index contributed by atoms with van der Waals surface area (Å²) in [6.07, 6.45) is 1.03. The Labute approximate surface area is 177 Å².